The van der Waals surface area contributed by atoms with Gasteiger partial charge in [-0.05, 0) is 46.0 Å². The Hall–Kier alpha value is -3.47. The number of carbonyl (C=O) groups excluding carboxylic acids is 2. The lowest BCUT2D eigenvalue weighted by atomic mass is 10.0. The molecule has 1 aliphatic heterocycles. The van der Waals surface area contributed by atoms with E-state index in [2.05, 4.69) is 34.6 Å². The zero-order valence-electron chi connectivity index (χ0n) is 15.7. The average Bonchev–Trinajstić information content (AvgIpc) is 2.72. The topological polar surface area (TPSA) is 62.3 Å². The number of anilines is 1. The van der Waals surface area contributed by atoms with E-state index in [1.807, 2.05) is 24.3 Å². The number of fused-ring (bicyclic) bond motifs is 2. The lowest BCUT2D eigenvalue weighted by Crippen LogP contribution is -2.24. The highest BCUT2D eigenvalue weighted by Gasteiger charge is 2.15. The average molecular weight is 371 g/mol. The number of nitrogens with zero attached hydrogens (tertiary/aromatic N) is 2. The van der Waals surface area contributed by atoms with Crippen LogP contribution in [0.4, 0.5) is 5.82 Å². The van der Waals surface area contributed by atoms with Gasteiger partial charge in [-0.15, -0.1) is 0 Å². The van der Waals surface area contributed by atoms with Gasteiger partial charge in [-0.3, -0.25) is 9.59 Å². The fraction of sp³-hybridized carbons (Fsp3) is 0.174. The molecule has 3 aromatic rings. The molecule has 1 N–H and O–H groups in total. The summed E-state index contributed by atoms with van der Waals surface area (Å²) < 4.78 is 0. The smallest absolute Gasteiger partial charge is 0.246 e. The monoisotopic (exact) mass is 371 g/mol. The van der Waals surface area contributed by atoms with Gasteiger partial charge in [-0.25, -0.2) is 4.98 Å². The van der Waals surface area contributed by atoms with Crippen LogP contribution in [0.5, 0.6) is 0 Å². The van der Waals surface area contributed by atoms with Crippen molar-refractivity contribution in [3.8, 4) is 0 Å². The van der Waals surface area contributed by atoms with Gasteiger partial charge in [-0.2, -0.15) is 0 Å². The molecule has 0 saturated heterocycles. The number of hydrogen-bond acceptors (Lipinski definition) is 3. The molecule has 1 aliphatic rings. The minimum absolute atomic E-state index is 0.00599. The Bertz CT molecular complexity index is 1080. The van der Waals surface area contributed by atoms with Crippen LogP contribution >= 0.6 is 0 Å². The Morgan fingerprint density at radius 3 is 2.89 bits per heavy atom. The van der Waals surface area contributed by atoms with E-state index in [9.17, 15) is 9.59 Å². The number of nitrogens with one attached hydrogen (secondary N) is 1. The molecular weight excluding hydrogens is 350 g/mol. The van der Waals surface area contributed by atoms with E-state index >= 15 is 0 Å². The molecule has 5 nitrogen and oxygen atoms in total. The molecule has 1 aromatic heterocycles. The van der Waals surface area contributed by atoms with Crippen molar-refractivity contribution in [1.29, 1.82) is 0 Å². The number of hydrogen-bond donors (Lipinski definition) is 1. The number of pyridine rings is 1. The molecule has 0 unspecified atom stereocenters. The summed E-state index contributed by atoms with van der Waals surface area (Å²) in [5, 5.41) is 5.09. The van der Waals surface area contributed by atoms with E-state index in [0.717, 1.165) is 22.1 Å². The zero-order chi connectivity index (χ0) is 19.5. The summed E-state index contributed by atoms with van der Waals surface area (Å²) in [6, 6.07) is 16.3. The first-order chi connectivity index (χ1) is 13.6. The summed E-state index contributed by atoms with van der Waals surface area (Å²) in [5.41, 5.74) is 2.97. The van der Waals surface area contributed by atoms with Crippen LogP contribution in [0.2, 0.25) is 0 Å². The first kappa shape index (κ1) is 17.9. The minimum atomic E-state index is -0.0704. The summed E-state index contributed by atoms with van der Waals surface area (Å²) in [5.74, 6) is 0.542. The van der Waals surface area contributed by atoms with Gasteiger partial charge >= 0.3 is 0 Å². The van der Waals surface area contributed by atoms with Crippen molar-refractivity contribution in [2.24, 2.45) is 0 Å². The number of aromatic nitrogens is 1. The molecule has 2 amide bonds. The Balaban J connectivity index is 1.46. The normalized spacial score (nSPS) is 13.4. The summed E-state index contributed by atoms with van der Waals surface area (Å²) in [4.78, 5) is 30.0. The lowest BCUT2D eigenvalue weighted by Gasteiger charge is -2.17. The van der Waals surface area contributed by atoms with Gasteiger partial charge in [0.15, 0.2) is 0 Å². The molecule has 0 atom stereocenters. The van der Waals surface area contributed by atoms with Crippen molar-refractivity contribution in [3.63, 3.8) is 0 Å². The quantitative estimate of drug-likeness (QED) is 0.710. The van der Waals surface area contributed by atoms with Crippen LogP contribution < -0.4 is 5.32 Å². The standard InChI is InChI=1S/C23H21N3O2/c1-26(15-19-7-4-6-17-5-2-3-8-20(17)19)22(28)12-9-16-13-18-10-11-21(27)25-23(18)24-14-16/h2-9,12-14H,10-11,15H2,1H3,(H,24,25,27). The second-order valence-electron chi connectivity index (χ2n) is 6.99. The van der Waals surface area contributed by atoms with E-state index < -0.39 is 0 Å². The molecule has 0 bridgehead atoms. The molecule has 4 rings (SSSR count). The van der Waals surface area contributed by atoms with Crippen molar-refractivity contribution in [1.82, 2.24) is 9.88 Å². The van der Waals surface area contributed by atoms with Crippen LogP contribution in [0.3, 0.4) is 0 Å². The van der Waals surface area contributed by atoms with Gasteiger partial charge in [0.25, 0.3) is 0 Å². The van der Waals surface area contributed by atoms with E-state index in [1.54, 1.807) is 30.3 Å². The first-order valence-corrected chi connectivity index (χ1v) is 9.29. The highest BCUT2D eigenvalue weighted by molar-refractivity contribution is 5.94. The minimum Gasteiger partial charge on any atom is -0.338 e. The van der Waals surface area contributed by atoms with Crippen LogP contribution in [0, 0.1) is 0 Å². The Labute approximate surface area is 163 Å². The summed E-state index contributed by atoms with van der Waals surface area (Å²) >= 11 is 0. The highest BCUT2D eigenvalue weighted by Crippen LogP contribution is 2.22. The van der Waals surface area contributed by atoms with Crippen molar-refractivity contribution >= 4 is 34.5 Å². The van der Waals surface area contributed by atoms with Gasteiger partial charge < -0.3 is 10.2 Å². The SMILES string of the molecule is CN(Cc1cccc2ccccc12)C(=O)C=Cc1cnc2c(c1)CCC(=O)N2. The summed E-state index contributed by atoms with van der Waals surface area (Å²) in [6.07, 6.45) is 6.14. The third-order valence-corrected chi connectivity index (χ3v) is 4.95. The van der Waals surface area contributed by atoms with Gasteiger partial charge in [0.2, 0.25) is 11.8 Å². The van der Waals surface area contributed by atoms with Crippen molar-refractivity contribution in [2.45, 2.75) is 19.4 Å². The Kier molecular flexibility index (Phi) is 4.89. The number of rotatable bonds is 4. The van der Waals surface area contributed by atoms with E-state index in [0.29, 0.717) is 25.2 Å². The molecule has 5 heteroatoms. The first-order valence-electron chi connectivity index (χ1n) is 9.29. The van der Waals surface area contributed by atoms with Crippen LogP contribution in [0.25, 0.3) is 16.8 Å². The van der Waals surface area contributed by atoms with Crippen LogP contribution in [-0.2, 0) is 22.6 Å². The maximum atomic E-state index is 12.6. The second-order valence-corrected chi connectivity index (χ2v) is 6.99. The van der Waals surface area contributed by atoms with E-state index in [1.165, 1.54) is 5.39 Å². The Morgan fingerprint density at radius 2 is 2.00 bits per heavy atom. The second kappa shape index (κ2) is 7.64. The molecule has 2 aromatic carbocycles. The van der Waals surface area contributed by atoms with Gasteiger partial charge in [0, 0.05) is 32.3 Å². The van der Waals surface area contributed by atoms with Gasteiger partial charge in [0.05, 0.1) is 0 Å². The number of carbonyl (C=O) groups is 2. The molecule has 0 fully saturated rings. The maximum absolute atomic E-state index is 12.6. The summed E-state index contributed by atoms with van der Waals surface area (Å²) in [6.45, 7) is 0.541. The van der Waals surface area contributed by atoms with Crippen LogP contribution in [0.1, 0.15) is 23.1 Å². The van der Waals surface area contributed by atoms with Gasteiger partial charge in [0.1, 0.15) is 5.82 Å². The molecule has 0 spiro atoms. The third kappa shape index (κ3) is 3.78. The van der Waals surface area contributed by atoms with Crippen LogP contribution in [0.15, 0.2) is 60.8 Å². The largest absolute Gasteiger partial charge is 0.338 e. The van der Waals surface area contributed by atoms with Crippen molar-refractivity contribution in [2.75, 3.05) is 12.4 Å². The number of aryl methyl sites for hydroxylation is 1. The van der Waals surface area contributed by atoms with Crippen molar-refractivity contribution in [3.05, 3.63) is 77.5 Å². The molecule has 2 heterocycles. The van der Waals surface area contributed by atoms with E-state index in [-0.39, 0.29) is 11.8 Å². The molecule has 0 aliphatic carbocycles. The number of amides is 2. The molecule has 28 heavy (non-hydrogen) atoms. The molecule has 0 radical (unpaired) electrons. The highest BCUT2D eigenvalue weighted by atomic mass is 16.2. The Morgan fingerprint density at radius 1 is 1.18 bits per heavy atom. The fourth-order valence-corrected chi connectivity index (χ4v) is 3.42. The predicted molar refractivity (Wildman–Crippen MR) is 111 cm³/mol. The maximum Gasteiger partial charge on any atom is 0.246 e. The molecular formula is C23H21N3O2. The molecule has 0 saturated carbocycles. The number of benzene rings is 2. The van der Waals surface area contributed by atoms with Crippen LogP contribution in [-0.4, -0.2) is 28.7 Å². The zero-order valence-corrected chi connectivity index (χ0v) is 15.7. The fourth-order valence-electron chi connectivity index (χ4n) is 3.42. The summed E-state index contributed by atoms with van der Waals surface area (Å²) in [7, 11) is 1.80. The lowest BCUT2D eigenvalue weighted by molar-refractivity contribution is -0.125. The number of likely N-dealkylation sites (N-methyl/N-ethyl adjacent to an activating group) is 1. The molecule has 140 valence electrons. The van der Waals surface area contributed by atoms with Gasteiger partial charge in [-0.1, -0.05) is 42.5 Å². The van der Waals surface area contributed by atoms with Crippen molar-refractivity contribution < 1.29 is 9.59 Å². The third-order valence-electron chi connectivity index (χ3n) is 4.95. The van der Waals surface area contributed by atoms with E-state index in [4.69, 9.17) is 0 Å². The predicted octanol–water partition coefficient (Wildman–Crippen LogP) is 3.79.